The monoisotopic (exact) mass is 444 g/mol. The molecule has 31 heavy (non-hydrogen) atoms. The third kappa shape index (κ3) is 5.66. The van der Waals surface area contributed by atoms with Gasteiger partial charge in [-0.3, -0.25) is 4.79 Å². The molecule has 0 aromatic heterocycles. The van der Waals surface area contributed by atoms with Crippen LogP contribution in [0.4, 0.5) is 0 Å². The van der Waals surface area contributed by atoms with Crippen LogP contribution in [0.2, 0.25) is 0 Å². The van der Waals surface area contributed by atoms with Crippen molar-refractivity contribution in [2.75, 3.05) is 26.7 Å². The van der Waals surface area contributed by atoms with Gasteiger partial charge >= 0.3 is 0 Å². The van der Waals surface area contributed by atoms with E-state index < -0.39 is 10.0 Å². The summed E-state index contributed by atoms with van der Waals surface area (Å²) in [6.45, 7) is 8.25. The number of carbonyl (C=O) groups excluding carboxylic acids is 1. The minimum Gasteiger partial charge on any atom is -0.494 e. The molecule has 1 aliphatic heterocycles. The van der Waals surface area contributed by atoms with Gasteiger partial charge in [-0.25, -0.2) is 8.42 Å². The Kier molecular flexibility index (Phi) is 7.38. The normalized spacial score (nSPS) is 19.7. The highest BCUT2D eigenvalue weighted by Gasteiger charge is 2.31. The van der Waals surface area contributed by atoms with Gasteiger partial charge in [-0.2, -0.15) is 4.31 Å². The van der Waals surface area contributed by atoms with Gasteiger partial charge < -0.3 is 9.64 Å². The molecule has 7 heteroatoms. The smallest absolute Gasteiger partial charge is 0.253 e. The lowest BCUT2D eigenvalue weighted by Crippen LogP contribution is -2.42. The largest absolute Gasteiger partial charge is 0.494 e. The van der Waals surface area contributed by atoms with Crippen molar-refractivity contribution in [3.63, 3.8) is 0 Å². The van der Waals surface area contributed by atoms with Crippen molar-refractivity contribution in [2.45, 2.75) is 38.6 Å². The second kappa shape index (κ2) is 9.83. The minimum atomic E-state index is -3.55. The van der Waals surface area contributed by atoms with E-state index in [1.807, 2.05) is 31.2 Å². The SMILES string of the molecule is CCOc1ccc(CN(C)C(=O)c2ccc(S(=O)(=O)N3CC(C)CC(C)C3)cc2)cc1. The molecule has 3 rings (SSSR count). The fourth-order valence-corrected chi connectivity index (χ4v) is 5.82. The van der Waals surface area contributed by atoms with Gasteiger partial charge in [0.1, 0.15) is 5.75 Å². The van der Waals surface area contributed by atoms with E-state index in [0.717, 1.165) is 17.7 Å². The predicted molar refractivity (Wildman–Crippen MR) is 122 cm³/mol. The molecule has 2 aromatic rings. The van der Waals surface area contributed by atoms with Crippen molar-refractivity contribution in [3.05, 3.63) is 59.7 Å². The molecular weight excluding hydrogens is 412 g/mol. The number of piperidine rings is 1. The quantitative estimate of drug-likeness (QED) is 0.647. The average molecular weight is 445 g/mol. The van der Waals surface area contributed by atoms with Crippen LogP contribution in [0.1, 0.15) is 43.1 Å². The van der Waals surface area contributed by atoms with Crippen LogP contribution in [0.3, 0.4) is 0 Å². The van der Waals surface area contributed by atoms with E-state index in [-0.39, 0.29) is 10.8 Å². The summed E-state index contributed by atoms with van der Waals surface area (Å²) < 4.78 is 33.1. The number of amides is 1. The molecule has 6 nitrogen and oxygen atoms in total. The zero-order valence-corrected chi connectivity index (χ0v) is 19.6. The first kappa shape index (κ1) is 23.3. The first-order valence-electron chi connectivity index (χ1n) is 10.8. The lowest BCUT2D eigenvalue weighted by molar-refractivity contribution is 0.0785. The van der Waals surface area contributed by atoms with Gasteiger partial charge in [0, 0.05) is 32.2 Å². The Hall–Kier alpha value is -2.38. The number of rotatable bonds is 7. The van der Waals surface area contributed by atoms with Crippen molar-refractivity contribution in [2.24, 2.45) is 11.8 Å². The number of ether oxygens (including phenoxy) is 1. The zero-order valence-electron chi connectivity index (χ0n) is 18.7. The molecule has 0 radical (unpaired) electrons. The molecule has 1 saturated heterocycles. The van der Waals surface area contributed by atoms with Gasteiger partial charge in [0.05, 0.1) is 11.5 Å². The molecule has 1 fully saturated rings. The maximum Gasteiger partial charge on any atom is 0.253 e. The second-order valence-corrected chi connectivity index (χ2v) is 10.5. The van der Waals surface area contributed by atoms with Crippen molar-refractivity contribution >= 4 is 15.9 Å². The van der Waals surface area contributed by atoms with Gasteiger partial charge in [-0.1, -0.05) is 26.0 Å². The molecule has 1 aliphatic rings. The third-order valence-electron chi connectivity index (χ3n) is 5.58. The fraction of sp³-hybridized carbons (Fsp3) is 0.458. The molecule has 0 aliphatic carbocycles. The summed E-state index contributed by atoms with van der Waals surface area (Å²) in [7, 11) is -1.82. The predicted octanol–water partition coefficient (Wildman–Crippen LogP) is 4.02. The molecular formula is C24H32N2O4S. The molecule has 0 bridgehead atoms. The van der Waals surface area contributed by atoms with E-state index in [9.17, 15) is 13.2 Å². The molecule has 2 unspecified atom stereocenters. The Balaban J connectivity index is 1.67. The summed E-state index contributed by atoms with van der Waals surface area (Å²) in [5, 5.41) is 0. The molecule has 0 saturated carbocycles. The highest BCUT2D eigenvalue weighted by atomic mass is 32.2. The summed E-state index contributed by atoms with van der Waals surface area (Å²) in [6.07, 6.45) is 1.04. The third-order valence-corrected chi connectivity index (χ3v) is 7.42. The Morgan fingerprint density at radius 2 is 1.61 bits per heavy atom. The van der Waals surface area contributed by atoms with Crippen molar-refractivity contribution in [3.8, 4) is 5.75 Å². The van der Waals surface area contributed by atoms with E-state index in [4.69, 9.17) is 4.74 Å². The maximum atomic E-state index is 13.0. The van der Waals surface area contributed by atoms with Crippen LogP contribution >= 0.6 is 0 Å². The van der Waals surface area contributed by atoms with Gasteiger partial charge in [0.2, 0.25) is 10.0 Å². The Morgan fingerprint density at radius 3 is 2.16 bits per heavy atom. The number of hydrogen-bond donors (Lipinski definition) is 0. The van der Waals surface area contributed by atoms with Crippen LogP contribution < -0.4 is 4.74 Å². The van der Waals surface area contributed by atoms with Gasteiger partial charge in [0.15, 0.2) is 0 Å². The fourth-order valence-electron chi connectivity index (χ4n) is 4.14. The summed E-state index contributed by atoms with van der Waals surface area (Å²) in [5.41, 5.74) is 1.46. The van der Waals surface area contributed by atoms with Gasteiger partial charge in [-0.05, 0) is 67.1 Å². The van der Waals surface area contributed by atoms with Crippen LogP contribution in [0, 0.1) is 11.8 Å². The van der Waals surface area contributed by atoms with E-state index in [2.05, 4.69) is 13.8 Å². The second-order valence-electron chi connectivity index (χ2n) is 8.53. The number of hydrogen-bond acceptors (Lipinski definition) is 4. The van der Waals surface area contributed by atoms with Crippen molar-refractivity contribution < 1.29 is 17.9 Å². The lowest BCUT2D eigenvalue weighted by Gasteiger charge is -2.34. The maximum absolute atomic E-state index is 13.0. The minimum absolute atomic E-state index is 0.155. The summed E-state index contributed by atoms with van der Waals surface area (Å²) in [6, 6.07) is 13.9. The van der Waals surface area contributed by atoms with Gasteiger partial charge in [0.25, 0.3) is 5.91 Å². The highest BCUT2D eigenvalue weighted by Crippen LogP contribution is 2.27. The van der Waals surface area contributed by atoms with Crippen molar-refractivity contribution in [1.29, 1.82) is 0 Å². The highest BCUT2D eigenvalue weighted by molar-refractivity contribution is 7.89. The standard InChI is InChI=1S/C24H32N2O4S/c1-5-30-22-10-6-20(7-11-22)17-25(4)24(27)21-8-12-23(13-9-21)31(28,29)26-15-18(2)14-19(3)16-26/h6-13,18-19H,5,14-17H2,1-4H3. The van der Waals surface area contributed by atoms with E-state index in [0.29, 0.717) is 43.6 Å². The number of carbonyl (C=O) groups is 1. The van der Waals surface area contributed by atoms with Crippen LogP contribution in [-0.2, 0) is 16.6 Å². The topological polar surface area (TPSA) is 66.9 Å². The Bertz CT molecular complexity index is 977. The molecule has 1 amide bonds. The van der Waals surface area contributed by atoms with E-state index >= 15 is 0 Å². The molecule has 1 heterocycles. The number of sulfonamides is 1. The van der Waals surface area contributed by atoms with Crippen LogP contribution in [0.5, 0.6) is 5.75 Å². The molecule has 0 spiro atoms. The Labute approximate surface area is 185 Å². The number of benzene rings is 2. The van der Waals surface area contributed by atoms with Crippen molar-refractivity contribution in [1.82, 2.24) is 9.21 Å². The Morgan fingerprint density at radius 1 is 1.03 bits per heavy atom. The molecule has 0 N–H and O–H groups in total. The van der Waals surface area contributed by atoms with Crippen LogP contribution in [0.15, 0.2) is 53.4 Å². The lowest BCUT2D eigenvalue weighted by atomic mass is 9.94. The summed E-state index contributed by atoms with van der Waals surface area (Å²) in [5.74, 6) is 1.33. The average Bonchev–Trinajstić information content (AvgIpc) is 2.74. The number of nitrogens with zero attached hydrogens (tertiary/aromatic N) is 2. The summed E-state index contributed by atoms with van der Waals surface area (Å²) in [4.78, 5) is 14.7. The first-order chi connectivity index (χ1) is 14.7. The van der Waals surface area contributed by atoms with Crippen LogP contribution in [0.25, 0.3) is 0 Å². The van der Waals surface area contributed by atoms with E-state index in [1.165, 1.54) is 12.1 Å². The molecule has 168 valence electrons. The van der Waals surface area contributed by atoms with Crippen LogP contribution in [-0.4, -0.2) is 50.3 Å². The van der Waals surface area contributed by atoms with Gasteiger partial charge in [-0.15, -0.1) is 0 Å². The molecule has 2 aromatic carbocycles. The van der Waals surface area contributed by atoms with E-state index in [1.54, 1.807) is 28.4 Å². The first-order valence-corrected chi connectivity index (χ1v) is 12.2. The summed E-state index contributed by atoms with van der Waals surface area (Å²) >= 11 is 0. The zero-order chi connectivity index (χ0) is 22.6. The molecule has 2 atom stereocenters.